The molecular weight excluding hydrogens is 260 g/mol. The molecule has 0 aliphatic heterocycles. The third-order valence-corrected chi connectivity index (χ3v) is 2.32. The van der Waals surface area contributed by atoms with Crippen molar-refractivity contribution < 1.29 is 19.4 Å². The summed E-state index contributed by atoms with van der Waals surface area (Å²) < 4.78 is 4.50. The first-order chi connectivity index (χ1) is 8.49. The second-order valence-electron chi connectivity index (χ2n) is 3.27. The third-order valence-electron chi connectivity index (χ3n) is 2.05. The zero-order valence-corrected chi connectivity index (χ0v) is 10.3. The molecule has 1 rings (SSSR count). The standard InChI is InChI=1S/C11H11ClN2O4/c1-18-11(17)6-2-3-8(14-9(13)5-12)7(4-6)10(15)16/h2-4H,5H2,1H3,(H2,13,14)(H,15,16). The first-order valence-electron chi connectivity index (χ1n) is 4.84. The molecule has 6 nitrogen and oxygen atoms in total. The van der Waals surface area contributed by atoms with E-state index in [1.807, 2.05) is 0 Å². The van der Waals surface area contributed by atoms with E-state index in [1.54, 1.807) is 0 Å². The highest BCUT2D eigenvalue weighted by molar-refractivity contribution is 6.28. The molecule has 96 valence electrons. The highest BCUT2D eigenvalue weighted by atomic mass is 35.5. The molecule has 0 saturated heterocycles. The second-order valence-corrected chi connectivity index (χ2v) is 3.53. The number of hydrogen-bond donors (Lipinski definition) is 2. The van der Waals surface area contributed by atoms with Crippen LogP contribution in [-0.4, -0.2) is 35.9 Å². The summed E-state index contributed by atoms with van der Waals surface area (Å²) in [6.07, 6.45) is 0. The van der Waals surface area contributed by atoms with E-state index in [4.69, 9.17) is 22.4 Å². The number of aliphatic imine (C=N–C) groups is 1. The lowest BCUT2D eigenvalue weighted by atomic mass is 10.1. The fourth-order valence-corrected chi connectivity index (χ4v) is 1.29. The first kappa shape index (κ1) is 14.0. The fourth-order valence-electron chi connectivity index (χ4n) is 1.23. The molecule has 0 heterocycles. The van der Waals surface area contributed by atoms with Crippen LogP contribution >= 0.6 is 11.6 Å². The van der Waals surface area contributed by atoms with Crippen molar-refractivity contribution in [2.24, 2.45) is 10.7 Å². The van der Waals surface area contributed by atoms with Crippen LogP contribution in [0.4, 0.5) is 5.69 Å². The number of nitrogens with two attached hydrogens (primary N) is 1. The van der Waals surface area contributed by atoms with Gasteiger partial charge in [-0.25, -0.2) is 14.6 Å². The Morgan fingerprint density at radius 1 is 1.50 bits per heavy atom. The molecule has 3 N–H and O–H groups in total. The maximum Gasteiger partial charge on any atom is 0.337 e. The van der Waals surface area contributed by atoms with Crippen LogP contribution < -0.4 is 5.73 Å². The van der Waals surface area contributed by atoms with Gasteiger partial charge in [-0.2, -0.15) is 0 Å². The zero-order valence-electron chi connectivity index (χ0n) is 9.51. The topological polar surface area (TPSA) is 102 Å². The van der Waals surface area contributed by atoms with E-state index in [0.717, 1.165) is 0 Å². The number of hydrogen-bond acceptors (Lipinski definition) is 4. The number of halogens is 1. The number of methoxy groups -OCH3 is 1. The predicted octanol–water partition coefficient (Wildman–Crippen LogP) is 1.40. The number of nitrogens with zero attached hydrogens (tertiary/aromatic N) is 1. The summed E-state index contributed by atoms with van der Waals surface area (Å²) in [4.78, 5) is 26.2. The number of esters is 1. The van der Waals surface area contributed by atoms with Gasteiger partial charge >= 0.3 is 11.9 Å². The van der Waals surface area contributed by atoms with Crippen molar-refractivity contribution in [3.05, 3.63) is 29.3 Å². The number of alkyl halides is 1. The molecule has 0 aromatic heterocycles. The van der Waals surface area contributed by atoms with Crippen LogP contribution in [0.1, 0.15) is 20.7 Å². The summed E-state index contributed by atoms with van der Waals surface area (Å²) in [6.45, 7) is 0. The molecular formula is C11H11ClN2O4. The number of carboxylic acid groups (broad SMARTS) is 1. The highest BCUT2D eigenvalue weighted by Gasteiger charge is 2.14. The van der Waals surface area contributed by atoms with Crippen molar-refractivity contribution in [3.63, 3.8) is 0 Å². The minimum Gasteiger partial charge on any atom is -0.478 e. The van der Waals surface area contributed by atoms with Gasteiger partial charge in [-0.3, -0.25) is 0 Å². The van der Waals surface area contributed by atoms with Gasteiger partial charge in [-0.05, 0) is 18.2 Å². The average molecular weight is 271 g/mol. The number of aromatic carboxylic acids is 1. The Morgan fingerprint density at radius 3 is 2.67 bits per heavy atom. The maximum atomic E-state index is 11.3. The number of carbonyl (C=O) groups is 2. The van der Waals surface area contributed by atoms with Crippen molar-refractivity contribution >= 4 is 35.1 Å². The van der Waals surface area contributed by atoms with Crippen LogP contribution in [0.3, 0.4) is 0 Å². The van der Waals surface area contributed by atoms with Gasteiger partial charge in [0.2, 0.25) is 0 Å². The summed E-state index contributed by atoms with van der Waals surface area (Å²) >= 11 is 5.46. The monoisotopic (exact) mass is 270 g/mol. The summed E-state index contributed by atoms with van der Waals surface area (Å²) in [6, 6.07) is 3.95. The lowest BCUT2D eigenvalue weighted by Gasteiger charge is -2.05. The quantitative estimate of drug-likeness (QED) is 0.373. The van der Waals surface area contributed by atoms with E-state index in [9.17, 15) is 9.59 Å². The van der Waals surface area contributed by atoms with Crippen molar-refractivity contribution in [1.82, 2.24) is 0 Å². The molecule has 1 aromatic carbocycles. The largest absolute Gasteiger partial charge is 0.478 e. The maximum absolute atomic E-state index is 11.3. The average Bonchev–Trinajstić information content (AvgIpc) is 2.37. The fraction of sp³-hybridized carbons (Fsp3) is 0.182. The number of benzene rings is 1. The molecule has 18 heavy (non-hydrogen) atoms. The summed E-state index contributed by atoms with van der Waals surface area (Å²) in [5.41, 5.74) is 5.54. The number of carboxylic acids is 1. The van der Waals surface area contributed by atoms with Crippen LogP contribution in [0, 0.1) is 0 Å². The molecule has 0 fully saturated rings. The van der Waals surface area contributed by atoms with Gasteiger partial charge in [0.15, 0.2) is 0 Å². The van der Waals surface area contributed by atoms with Gasteiger partial charge in [0.25, 0.3) is 0 Å². The van der Waals surface area contributed by atoms with Gasteiger partial charge < -0.3 is 15.6 Å². The van der Waals surface area contributed by atoms with E-state index in [-0.39, 0.29) is 28.5 Å². The van der Waals surface area contributed by atoms with Crippen LogP contribution in [0.15, 0.2) is 23.2 Å². The Balaban J connectivity index is 3.29. The van der Waals surface area contributed by atoms with Gasteiger partial charge in [0.05, 0.1) is 29.8 Å². The molecule has 0 aliphatic carbocycles. The lowest BCUT2D eigenvalue weighted by molar-refractivity contribution is 0.0601. The Kier molecular flexibility index (Phi) is 4.67. The van der Waals surface area contributed by atoms with Crippen LogP contribution in [-0.2, 0) is 4.74 Å². The first-order valence-corrected chi connectivity index (χ1v) is 5.37. The van der Waals surface area contributed by atoms with Crippen molar-refractivity contribution in [3.8, 4) is 0 Å². The Bertz CT molecular complexity index is 514. The van der Waals surface area contributed by atoms with E-state index in [0.29, 0.717) is 0 Å². The van der Waals surface area contributed by atoms with Crippen molar-refractivity contribution in [1.29, 1.82) is 0 Å². The molecule has 0 saturated carbocycles. The van der Waals surface area contributed by atoms with Gasteiger partial charge in [0, 0.05) is 0 Å². The Hall–Kier alpha value is -2.08. The molecule has 0 radical (unpaired) electrons. The van der Waals surface area contributed by atoms with E-state index in [1.165, 1.54) is 25.3 Å². The molecule has 0 spiro atoms. The minimum atomic E-state index is -1.22. The van der Waals surface area contributed by atoms with E-state index in [2.05, 4.69) is 9.73 Å². The molecule has 1 aromatic rings. The Morgan fingerprint density at radius 2 is 2.17 bits per heavy atom. The summed E-state index contributed by atoms with van der Waals surface area (Å²) in [7, 11) is 1.21. The normalized spacial score (nSPS) is 11.1. The molecule has 0 unspecified atom stereocenters. The lowest BCUT2D eigenvalue weighted by Crippen LogP contribution is -2.13. The molecule has 0 amide bonds. The van der Waals surface area contributed by atoms with Crippen LogP contribution in [0.2, 0.25) is 0 Å². The number of rotatable bonds is 4. The predicted molar refractivity (Wildman–Crippen MR) is 66.7 cm³/mol. The van der Waals surface area contributed by atoms with Crippen molar-refractivity contribution in [2.45, 2.75) is 0 Å². The van der Waals surface area contributed by atoms with Crippen molar-refractivity contribution in [2.75, 3.05) is 13.0 Å². The Labute approximate surface area is 108 Å². The number of carbonyl (C=O) groups excluding carboxylic acids is 1. The van der Waals surface area contributed by atoms with Gasteiger partial charge in [-0.1, -0.05) is 0 Å². The number of ether oxygens (including phenoxy) is 1. The minimum absolute atomic E-state index is 0.0161. The molecule has 0 aliphatic rings. The van der Waals surface area contributed by atoms with Gasteiger partial charge in [-0.15, -0.1) is 11.6 Å². The SMILES string of the molecule is COC(=O)c1ccc(N=C(N)CCl)c(C(=O)O)c1. The van der Waals surface area contributed by atoms with Crippen LogP contribution in [0.25, 0.3) is 0 Å². The summed E-state index contributed by atoms with van der Waals surface area (Å²) in [5.74, 6) is -1.78. The smallest absolute Gasteiger partial charge is 0.337 e. The third kappa shape index (κ3) is 3.21. The summed E-state index contributed by atoms with van der Waals surface area (Å²) in [5, 5.41) is 9.04. The van der Waals surface area contributed by atoms with Crippen LogP contribution in [0.5, 0.6) is 0 Å². The zero-order chi connectivity index (χ0) is 13.7. The molecule has 7 heteroatoms. The second kappa shape index (κ2) is 6.02. The molecule has 0 bridgehead atoms. The highest BCUT2D eigenvalue weighted by Crippen LogP contribution is 2.21. The van der Waals surface area contributed by atoms with E-state index >= 15 is 0 Å². The van der Waals surface area contributed by atoms with E-state index < -0.39 is 11.9 Å². The molecule has 0 atom stereocenters. The van der Waals surface area contributed by atoms with Gasteiger partial charge in [0.1, 0.15) is 5.84 Å². The number of amidine groups is 1.